The zero-order valence-electron chi connectivity index (χ0n) is 16.8. The van der Waals surface area contributed by atoms with Crippen LogP contribution in [0.3, 0.4) is 0 Å². The third kappa shape index (κ3) is 2.64. The fourth-order valence-corrected chi connectivity index (χ4v) is 4.68. The number of fused-ring (bicyclic) bond motifs is 4. The molecular formula is C20H18N6O3S. The molecule has 0 spiro atoms. The predicted octanol–water partition coefficient (Wildman–Crippen LogP) is 2.50. The summed E-state index contributed by atoms with van der Waals surface area (Å²) in [6.07, 6.45) is 0. The van der Waals surface area contributed by atoms with Crippen LogP contribution in [0.5, 0.6) is 0 Å². The van der Waals surface area contributed by atoms with Gasteiger partial charge in [-0.3, -0.25) is 18.4 Å². The van der Waals surface area contributed by atoms with Gasteiger partial charge >= 0.3 is 5.97 Å². The van der Waals surface area contributed by atoms with Gasteiger partial charge in [-0.15, -0.1) is 21.5 Å². The molecule has 5 aromatic rings. The van der Waals surface area contributed by atoms with Gasteiger partial charge in [0.05, 0.1) is 16.6 Å². The first-order chi connectivity index (χ1) is 14.3. The van der Waals surface area contributed by atoms with Crippen molar-refractivity contribution < 1.29 is 9.53 Å². The minimum atomic E-state index is -0.433. The third-order valence-electron chi connectivity index (χ3n) is 5.17. The van der Waals surface area contributed by atoms with Crippen molar-refractivity contribution in [1.82, 2.24) is 28.9 Å². The van der Waals surface area contributed by atoms with E-state index in [0.29, 0.717) is 27.4 Å². The summed E-state index contributed by atoms with van der Waals surface area (Å²) >= 11 is 1.34. The normalized spacial score (nSPS) is 11.7. The molecule has 10 heteroatoms. The molecule has 0 amide bonds. The second-order valence-electron chi connectivity index (χ2n) is 7.25. The van der Waals surface area contributed by atoms with Crippen LogP contribution in [-0.2, 0) is 25.4 Å². The number of aryl methyl sites for hydroxylation is 4. The van der Waals surface area contributed by atoms with E-state index in [2.05, 4.69) is 15.3 Å². The molecule has 0 aliphatic carbocycles. The highest BCUT2D eigenvalue weighted by atomic mass is 32.1. The van der Waals surface area contributed by atoms with Crippen molar-refractivity contribution in [3.63, 3.8) is 0 Å². The molecule has 0 N–H and O–H groups in total. The Bertz CT molecular complexity index is 1500. The van der Waals surface area contributed by atoms with Gasteiger partial charge in [-0.05, 0) is 32.0 Å². The average molecular weight is 422 g/mol. The van der Waals surface area contributed by atoms with Gasteiger partial charge in [0.2, 0.25) is 5.78 Å². The Balaban J connectivity index is 1.52. The fourth-order valence-electron chi connectivity index (χ4n) is 3.66. The molecule has 9 nitrogen and oxygen atoms in total. The lowest BCUT2D eigenvalue weighted by atomic mass is 10.1. The van der Waals surface area contributed by atoms with Gasteiger partial charge in [-0.2, -0.15) is 5.10 Å². The van der Waals surface area contributed by atoms with Gasteiger partial charge in [0.15, 0.2) is 12.4 Å². The molecule has 0 saturated heterocycles. The quantitative estimate of drug-likeness (QED) is 0.415. The topological polar surface area (TPSA) is 96.3 Å². The van der Waals surface area contributed by atoms with Crippen LogP contribution in [0.2, 0.25) is 0 Å². The van der Waals surface area contributed by atoms with E-state index in [1.54, 1.807) is 22.2 Å². The molecule has 4 heterocycles. The van der Waals surface area contributed by atoms with Crippen molar-refractivity contribution >= 4 is 44.2 Å². The highest BCUT2D eigenvalue weighted by molar-refractivity contribution is 7.20. The Hall–Kier alpha value is -3.53. The van der Waals surface area contributed by atoms with Crippen molar-refractivity contribution in [1.29, 1.82) is 0 Å². The lowest BCUT2D eigenvalue weighted by Crippen LogP contribution is -2.20. The van der Waals surface area contributed by atoms with E-state index >= 15 is 0 Å². The zero-order valence-corrected chi connectivity index (χ0v) is 17.6. The summed E-state index contributed by atoms with van der Waals surface area (Å²) in [6, 6.07) is 7.41. The van der Waals surface area contributed by atoms with Crippen LogP contribution in [-0.4, -0.2) is 34.9 Å². The predicted molar refractivity (Wildman–Crippen MR) is 113 cm³/mol. The van der Waals surface area contributed by atoms with E-state index in [4.69, 9.17) is 4.74 Å². The van der Waals surface area contributed by atoms with Gasteiger partial charge in [-0.1, -0.05) is 11.6 Å². The second-order valence-corrected chi connectivity index (χ2v) is 8.28. The van der Waals surface area contributed by atoms with E-state index in [9.17, 15) is 9.59 Å². The van der Waals surface area contributed by atoms with Crippen LogP contribution in [0.1, 0.15) is 26.8 Å². The van der Waals surface area contributed by atoms with E-state index in [-0.39, 0.29) is 12.2 Å². The minimum Gasteiger partial charge on any atom is -0.453 e. The first-order valence-corrected chi connectivity index (χ1v) is 10.1. The monoisotopic (exact) mass is 422 g/mol. The highest BCUT2D eigenvalue weighted by Gasteiger charge is 2.19. The molecular weight excluding hydrogens is 404 g/mol. The number of carbonyl (C=O) groups is 1. The average Bonchev–Trinajstić information content (AvgIpc) is 3.40. The first kappa shape index (κ1) is 18.5. The molecule has 0 aliphatic rings. The molecule has 1 aromatic carbocycles. The Kier molecular flexibility index (Phi) is 4.00. The van der Waals surface area contributed by atoms with Gasteiger partial charge in [0.1, 0.15) is 9.71 Å². The van der Waals surface area contributed by atoms with Crippen LogP contribution < -0.4 is 5.56 Å². The van der Waals surface area contributed by atoms with Gasteiger partial charge in [0, 0.05) is 19.5 Å². The number of rotatable bonds is 3. The molecule has 0 fully saturated rings. The number of benzene rings is 1. The van der Waals surface area contributed by atoms with Crippen molar-refractivity contribution in [3.8, 4) is 0 Å². The summed E-state index contributed by atoms with van der Waals surface area (Å²) in [6.45, 7) is 3.77. The standard InChI is InChI=1S/C20H18N6O3S/c1-10-5-6-14-13(7-10)17(27)24(3)20-22-21-16(26(14)20)9-29-19(28)15-8-12-11(2)23-25(4)18(12)30-15/h5-8H,9H2,1-4H3. The van der Waals surface area contributed by atoms with E-state index in [0.717, 1.165) is 21.5 Å². The third-order valence-corrected chi connectivity index (χ3v) is 6.35. The summed E-state index contributed by atoms with van der Waals surface area (Å²) in [5.41, 5.74) is 2.38. The van der Waals surface area contributed by atoms with E-state index < -0.39 is 5.97 Å². The molecule has 0 bridgehead atoms. The molecule has 152 valence electrons. The summed E-state index contributed by atoms with van der Waals surface area (Å²) in [7, 11) is 3.50. The Morgan fingerprint density at radius 2 is 1.93 bits per heavy atom. The van der Waals surface area contributed by atoms with E-state index in [1.165, 1.54) is 15.9 Å². The summed E-state index contributed by atoms with van der Waals surface area (Å²) < 4.78 is 10.5. The molecule has 5 rings (SSSR count). The number of nitrogens with zero attached hydrogens (tertiary/aromatic N) is 6. The Morgan fingerprint density at radius 3 is 2.70 bits per heavy atom. The number of thiophene rings is 1. The summed E-state index contributed by atoms with van der Waals surface area (Å²) in [4.78, 5) is 26.7. The van der Waals surface area contributed by atoms with Crippen LogP contribution in [0.4, 0.5) is 0 Å². The van der Waals surface area contributed by atoms with Crippen molar-refractivity contribution in [3.05, 3.63) is 56.6 Å². The number of hydrogen-bond donors (Lipinski definition) is 0. The Labute approximate surface area is 174 Å². The summed E-state index contributed by atoms with van der Waals surface area (Å²) in [5, 5.41) is 14.1. The SMILES string of the molecule is Cc1ccc2c(c1)c(=O)n(C)c1nnc(COC(=O)c3cc4c(C)nn(C)c4s3)n21. The van der Waals surface area contributed by atoms with Crippen LogP contribution >= 0.6 is 11.3 Å². The number of ether oxygens (including phenoxy) is 1. The fraction of sp³-hybridized carbons (Fsp3) is 0.250. The van der Waals surface area contributed by atoms with Crippen LogP contribution in [0.15, 0.2) is 29.1 Å². The smallest absolute Gasteiger partial charge is 0.348 e. The number of carbonyl (C=O) groups excluding carboxylic acids is 1. The molecule has 4 aromatic heterocycles. The highest BCUT2D eigenvalue weighted by Crippen LogP contribution is 2.28. The summed E-state index contributed by atoms with van der Waals surface area (Å²) in [5.74, 6) is 0.407. The maximum absolute atomic E-state index is 12.7. The van der Waals surface area contributed by atoms with Gasteiger partial charge in [0.25, 0.3) is 5.56 Å². The lowest BCUT2D eigenvalue weighted by Gasteiger charge is -2.08. The van der Waals surface area contributed by atoms with Crippen molar-refractivity contribution in [2.75, 3.05) is 0 Å². The van der Waals surface area contributed by atoms with Crippen molar-refractivity contribution in [2.45, 2.75) is 20.5 Å². The molecule has 0 aliphatic heterocycles. The van der Waals surface area contributed by atoms with Gasteiger partial charge in [-0.25, -0.2) is 4.79 Å². The molecule has 0 atom stereocenters. The van der Waals surface area contributed by atoms with Crippen LogP contribution in [0.25, 0.3) is 26.9 Å². The number of aromatic nitrogens is 6. The lowest BCUT2D eigenvalue weighted by molar-refractivity contribution is 0.0467. The molecule has 0 radical (unpaired) electrons. The van der Waals surface area contributed by atoms with E-state index in [1.807, 2.05) is 39.1 Å². The molecule has 30 heavy (non-hydrogen) atoms. The van der Waals surface area contributed by atoms with Crippen LogP contribution in [0, 0.1) is 13.8 Å². The Morgan fingerprint density at radius 1 is 1.13 bits per heavy atom. The zero-order chi connectivity index (χ0) is 21.2. The molecule has 0 unspecified atom stereocenters. The minimum absolute atomic E-state index is 0.0628. The number of hydrogen-bond acceptors (Lipinski definition) is 7. The second kappa shape index (κ2) is 6.49. The number of esters is 1. The van der Waals surface area contributed by atoms with Crippen molar-refractivity contribution in [2.24, 2.45) is 14.1 Å². The maximum Gasteiger partial charge on any atom is 0.348 e. The maximum atomic E-state index is 12.7. The molecule has 0 saturated carbocycles. The largest absolute Gasteiger partial charge is 0.453 e. The first-order valence-electron chi connectivity index (χ1n) is 9.29. The van der Waals surface area contributed by atoms with Gasteiger partial charge < -0.3 is 4.74 Å².